The Morgan fingerprint density at radius 3 is 2.21 bits per heavy atom. The molecule has 39 heavy (non-hydrogen) atoms. The second-order valence-corrected chi connectivity index (χ2v) is 11.8. The molecule has 10 heteroatoms. The van der Waals surface area contributed by atoms with Crippen molar-refractivity contribution in [1.29, 1.82) is 0 Å². The van der Waals surface area contributed by atoms with E-state index in [9.17, 15) is 18.0 Å². The maximum atomic E-state index is 14.0. The minimum absolute atomic E-state index is 0.0547. The van der Waals surface area contributed by atoms with Gasteiger partial charge in [0, 0.05) is 19.0 Å². The molecule has 3 rings (SSSR count). The van der Waals surface area contributed by atoms with Gasteiger partial charge >= 0.3 is 0 Å². The van der Waals surface area contributed by atoms with Gasteiger partial charge in [-0.1, -0.05) is 66.2 Å². The number of nitrogens with zero attached hydrogens (tertiary/aromatic N) is 2. The van der Waals surface area contributed by atoms with E-state index in [1.54, 1.807) is 43.5 Å². The van der Waals surface area contributed by atoms with Crippen molar-refractivity contribution < 1.29 is 22.7 Å². The number of carbonyl (C=O) groups is 2. The minimum atomic E-state index is -3.90. The maximum Gasteiger partial charge on any atom is 0.244 e. The summed E-state index contributed by atoms with van der Waals surface area (Å²) < 4.78 is 32.0. The number of methoxy groups -OCH3 is 1. The summed E-state index contributed by atoms with van der Waals surface area (Å²) in [5.74, 6) is -0.295. The lowest BCUT2D eigenvalue weighted by Gasteiger charge is -2.34. The Hall–Kier alpha value is -3.56. The average Bonchev–Trinajstić information content (AvgIpc) is 2.89. The van der Waals surface area contributed by atoms with Gasteiger partial charge in [-0.3, -0.25) is 13.9 Å². The van der Waals surface area contributed by atoms with Gasteiger partial charge in [0.1, 0.15) is 18.3 Å². The van der Waals surface area contributed by atoms with Crippen LogP contribution < -0.4 is 14.4 Å². The van der Waals surface area contributed by atoms with Crippen molar-refractivity contribution in [3.63, 3.8) is 0 Å². The third kappa shape index (κ3) is 8.46. The van der Waals surface area contributed by atoms with Crippen LogP contribution in [-0.2, 0) is 32.6 Å². The Balaban J connectivity index is 2.08. The molecule has 1 N–H and O–H groups in total. The molecule has 0 bridgehead atoms. The molecule has 0 radical (unpaired) electrons. The number of anilines is 1. The van der Waals surface area contributed by atoms with Gasteiger partial charge in [0.25, 0.3) is 0 Å². The number of halogens is 1. The summed E-state index contributed by atoms with van der Waals surface area (Å²) in [6.07, 6.45) is 1.25. The Morgan fingerprint density at radius 2 is 1.59 bits per heavy atom. The first-order valence-corrected chi connectivity index (χ1v) is 14.7. The van der Waals surface area contributed by atoms with Gasteiger partial charge in [0.2, 0.25) is 21.8 Å². The fourth-order valence-corrected chi connectivity index (χ4v) is 5.30. The van der Waals surface area contributed by atoms with E-state index >= 15 is 0 Å². The van der Waals surface area contributed by atoms with Crippen LogP contribution in [-0.4, -0.2) is 57.1 Å². The highest BCUT2D eigenvalue weighted by molar-refractivity contribution is 7.92. The summed E-state index contributed by atoms with van der Waals surface area (Å²) in [6.45, 7) is 3.20. The van der Waals surface area contributed by atoms with E-state index in [1.807, 2.05) is 50.2 Å². The Morgan fingerprint density at radius 1 is 0.949 bits per heavy atom. The van der Waals surface area contributed by atoms with E-state index in [-0.39, 0.29) is 35.6 Å². The SMILES string of the molecule is COc1cccc(CN(C(=O)CN(c2ccccc2Cl)S(C)(=O)=O)C(Cc2ccccc2)C(=O)NC(C)C)c1. The van der Waals surface area contributed by atoms with Gasteiger partial charge in [0.15, 0.2) is 0 Å². The normalized spacial score (nSPS) is 12.1. The number of nitrogens with one attached hydrogen (secondary N) is 1. The zero-order valence-corrected chi connectivity index (χ0v) is 24.1. The zero-order valence-electron chi connectivity index (χ0n) is 22.5. The van der Waals surface area contributed by atoms with Gasteiger partial charge in [-0.05, 0) is 49.2 Å². The maximum absolute atomic E-state index is 14.0. The van der Waals surface area contributed by atoms with Crippen molar-refractivity contribution in [3.8, 4) is 5.75 Å². The molecule has 3 aromatic carbocycles. The highest BCUT2D eigenvalue weighted by Gasteiger charge is 2.33. The van der Waals surface area contributed by atoms with Crippen LogP contribution in [0.2, 0.25) is 5.02 Å². The molecule has 0 aliphatic heterocycles. The number of amides is 2. The van der Waals surface area contributed by atoms with Gasteiger partial charge < -0.3 is 15.0 Å². The van der Waals surface area contributed by atoms with Crippen molar-refractivity contribution in [3.05, 3.63) is 95.0 Å². The van der Waals surface area contributed by atoms with Crippen LogP contribution in [0, 0.1) is 0 Å². The third-order valence-corrected chi connectivity index (χ3v) is 7.44. The molecule has 0 aromatic heterocycles. The van der Waals surface area contributed by atoms with Gasteiger partial charge in [-0.25, -0.2) is 8.42 Å². The van der Waals surface area contributed by atoms with Crippen LogP contribution in [0.25, 0.3) is 0 Å². The first-order chi connectivity index (χ1) is 18.5. The highest BCUT2D eigenvalue weighted by atomic mass is 35.5. The molecule has 0 aliphatic rings. The predicted octanol–water partition coefficient (Wildman–Crippen LogP) is 4.28. The van der Waals surface area contributed by atoms with E-state index in [0.29, 0.717) is 5.75 Å². The van der Waals surface area contributed by atoms with Crippen LogP contribution in [0.15, 0.2) is 78.9 Å². The molecule has 2 amide bonds. The highest BCUT2D eigenvalue weighted by Crippen LogP contribution is 2.28. The molecule has 1 atom stereocenters. The number of rotatable bonds is 12. The number of carbonyl (C=O) groups excluding carboxylic acids is 2. The van der Waals surface area contributed by atoms with Crippen LogP contribution in [0.1, 0.15) is 25.0 Å². The second-order valence-electron chi connectivity index (χ2n) is 9.46. The van der Waals surface area contributed by atoms with E-state index < -0.39 is 28.5 Å². The monoisotopic (exact) mass is 571 g/mol. The van der Waals surface area contributed by atoms with Crippen LogP contribution >= 0.6 is 11.6 Å². The minimum Gasteiger partial charge on any atom is -0.497 e. The lowest BCUT2D eigenvalue weighted by Crippen LogP contribution is -2.54. The molecule has 0 saturated heterocycles. The zero-order chi connectivity index (χ0) is 28.6. The number of hydrogen-bond acceptors (Lipinski definition) is 5. The molecule has 3 aromatic rings. The Labute approximate surface area is 235 Å². The molecule has 8 nitrogen and oxygen atoms in total. The summed E-state index contributed by atoms with van der Waals surface area (Å²) in [5, 5.41) is 3.11. The molecule has 1 unspecified atom stereocenters. The second kappa shape index (κ2) is 13.5. The molecule has 0 heterocycles. The number of hydrogen-bond donors (Lipinski definition) is 1. The van der Waals surface area contributed by atoms with Gasteiger partial charge in [-0.15, -0.1) is 0 Å². The summed E-state index contributed by atoms with van der Waals surface area (Å²) in [5.41, 5.74) is 1.76. The van der Waals surface area contributed by atoms with Gasteiger partial charge in [0.05, 0.1) is 24.1 Å². The van der Waals surface area contributed by atoms with Gasteiger partial charge in [-0.2, -0.15) is 0 Å². The van der Waals surface area contributed by atoms with Crippen molar-refractivity contribution in [2.24, 2.45) is 0 Å². The number of para-hydroxylation sites is 1. The molecular weight excluding hydrogens is 538 g/mol. The molecule has 0 fully saturated rings. The van der Waals surface area contributed by atoms with Crippen LogP contribution in [0.4, 0.5) is 5.69 Å². The van der Waals surface area contributed by atoms with Crippen molar-refractivity contribution in [2.45, 2.75) is 38.9 Å². The predicted molar refractivity (Wildman–Crippen MR) is 154 cm³/mol. The Bertz CT molecular complexity index is 1380. The first kappa shape index (κ1) is 30.0. The standard InChI is InChI=1S/C29H34ClN3O5S/c1-21(2)31-29(35)27(18-22-11-6-5-7-12-22)32(19-23-13-10-14-24(17-23)38-3)28(34)20-33(39(4,36)37)26-16-9-8-15-25(26)30/h5-17,21,27H,18-20H2,1-4H3,(H,31,35). The summed E-state index contributed by atoms with van der Waals surface area (Å²) >= 11 is 6.32. The first-order valence-electron chi connectivity index (χ1n) is 12.5. The number of ether oxygens (including phenoxy) is 1. The van der Waals surface area contributed by atoms with Crippen molar-refractivity contribution >= 4 is 39.1 Å². The fraction of sp³-hybridized carbons (Fsp3) is 0.310. The van der Waals surface area contributed by atoms with E-state index in [0.717, 1.165) is 21.7 Å². The van der Waals surface area contributed by atoms with Crippen LogP contribution in [0.5, 0.6) is 5.75 Å². The Kier molecular flexibility index (Phi) is 10.4. The largest absolute Gasteiger partial charge is 0.497 e. The van der Waals surface area contributed by atoms with E-state index in [4.69, 9.17) is 16.3 Å². The quantitative estimate of drug-likeness (QED) is 0.350. The lowest BCUT2D eigenvalue weighted by molar-refractivity contribution is -0.140. The fourth-order valence-electron chi connectivity index (χ4n) is 4.15. The molecule has 208 valence electrons. The molecule has 0 aliphatic carbocycles. The van der Waals surface area contributed by atoms with Crippen molar-refractivity contribution in [2.75, 3.05) is 24.2 Å². The number of benzene rings is 3. The molecular formula is C29H34ClN3O5S. The van der Waals surface area contributed by atoms with E-state index in [2.05, 4.69) is 5.32 Å². The number of sulfonamides is 1. The smallest absolute Gasteiger partial charge is 0.244 e. The van der Waals surface area contributed by atoms with Crippen molar-refractivity contribution in [1.82, 2.24) is 10.2 Å². The summed E-state index contributed by atoms with van der Waals surface area (Å²) in [6, 6.07) is 21.9. The topological polar surface area (TPSA) is 96.0 Å². The summed E-state index contributed by atoms with van der Waals surface area (Å²) in [7, 11) is -2.35. The molecule has 0 saturated carbocycles. The lowest BCUT2D eigenvalue weighted by atomic mass is 10.0. The third-order valence-electron chi connectivity index (χ3n) is 5.99. The average molecular weight is 572 g/mol. The van der Waals surface area contributed by atoms with E-state index in [1.165, 1.54) is 11.0 Å². The summed E-state index contributed by atoms with van der Waals surface area (Å²) in [4.78, 5) is 29.0. The van der Waals surface area contributed by atoms with Crippen LogP contribution in [0.3, 0.4) is 0 Å². The molecule has 0 spiro atoms.